The topological polar surface area (TPSA) is 75.3 Å². The number of alkyl halides is 3. The van der Waals surface area contributed by atoms with Crippen LogP contribution in [-0.4, -0.2) is 20.9 Å². The Labute approximate surface area is 149 Å². The highest BCUT2D eigenvalue weighted by molar-refractivity contribution is 7.89. The van der Waals surface area contributed by atoms with Crippen molar-refractivity contribution in [3.63, 3.8) is 0 Å². The molecule has 9 heteroatoms. The van der Waals surface area contributed by atoms with E-state index in [4.69, 9.17) is 0 Å². The summed E-state index contributed by atoms with van der Waals surface area (Å²) in [4.78, 5) is 11.8. The first kappa shape index (κ1) is 19.9. The monoisotopic (exact) mass is 386 g/mol. The van der Waals surface area contributed by atoms with E-state index in [1.165, 1.54) is 24.3 Å². The molecule has 0 aliphatic rings. The van der Waals surface area contributed by atoms with Crippen LogP contribution in [0, 0.1) is 0 Å². The largest absolute Gasteiger partial charge is 0.416 e. The fourth-order valence-corrected chi connectivity index (χ4v) is 3.14. The predicted molar refractivity (Wildman–Crippen MR) is 89.5 cm³/mol. The lowest BCUT2D eigenvalue weighted by Crippen LogP contribution is -2.30. The van der Waals surface area contributed by atoms with Gasteiger partial charge in [0.2, 0.25) is 15.9 Å². The number of sulfonamides is 1. The first-order chi connectivity index (χ1) is 12.2. The van der Waals surface area contributed by atoms with E-state index in [-0.39, 0.29) is 24.4 Å². The van der Waals surface area contributed by atoms with E-state index >= 15 is 0 Å². The molecule has 0 bridgehead atoms. The second-order valence-electron chi connectivity index (χ2n) is 5.43. The van der Waals surface area contributed by atoms with Crippen molar-refractivity contribution in [3.8, 4) is 0 Å². The second-order valence-corrected chi connectivity index (χ2v) is 7.20. The molecule has 2 aromatic carbocycles. The Morgan fingerprint density at radius 3 is 2.15 bits per heavy atom. The number of rotatable bonds is 7. The molecule has 0 fully saturated rings. The third-order valence-electron chi connectivity index (χ3n) is 3.47. The molecule has 1 amide bonds. The van der Waals surface area contributed by atoms with Gasteiger partial charge in [0.05, 0.1) is 10.5 Å². The van der Waals surface area contributed by atoms with Crippen LogP contribution in [0.25, 0.3) is 0 Å². The summed E-state index contributed by atoms with van der Waals surface area (Å²) in [6.45, 7) is -0.0293. The van der Waals surface area contributed by atoms with Crippen LogP contribution in [-0.2, 0) is 27.5 Å². The minimum absolute atomic E-state index is 0.0579. The molecule has 0 saturated carbocycles. The van der Waals surface area contributed by atoms with Gasteiger partial charge in [0.25, 0.3) is 0 Å². The minimum atomic E-state index is -4.41. The predicted octanol–water partition coefficient (Wildman–Crippen LogP) is 2.69. The maximum absolute atomic E-state index is 12.5. The number of hydrogen-bond donors (Lipinski definition) is 2. The normalized spacial score (nSPS) is 12.0. The van der Waals surface area contributed by atoms with Gasteiger partial charge >= 0.3 is 6.18 Å². The summed E-state index contributed by atoms with van der Waals surface area (Å²) >= 11 is 0. The molecular formula is C17H17F3N2O3S. The van der Waals surface area contributed by atoms with Crippen LogP contribution in [0.3, 0.4) is 0 Å². The van der Waals surface area contributed by atoms with Crippen LogP contribution in [0.1, 0.15) is 17.5 Å². The Morgan fingerprint density at radius 2 is 1.58 bits per heavy atom. The van der Waals surface area contributed by atoms with Gasteiger partial charge in [0.1, 0.15) is 0 Å². The standard InChI is InChI=1S/C17H17F3N2O3S/c18-17(19,20)14-8-6-13(7-9-14)12-21-16(23)10-11-22-26(24,25)15-4-2-1-3-5-15/h1-9,22H,10-12H2,(H,21,23). The van der Waals surface area contributed by atoms with Crippen molar-refractivity contribution in [1.82, 2.24) is 10.0 Å². The van der Waals surface area contributed by atoms with Crippen molar-refractivity contribution < 1.29 is 26.4 Å². The molecule has 2 aromatic rings. The number of amides is 1. The van der Waals surface area contributed by atoms with Gasteiger partial charge in [0.15, 0.2) is 0 Å². The third kappa shape index (κ3) is 5.85. The molecule has 2 rings (SSSR count). The number of hydrogen-bond acceptors (Lipinski definition) is 3. The number of carbonyl (C=O) groups excluding carboxylic acids is 1. The SMILES string of the molecule is O=C(CCNS(=O)(=O)c1ccccc1)NCc1ccc(C(F)(F)F)cc1. The van der Waals surface area contributed by atoms with Crippen LogP contribution in [0.4, 0.5) is 13.2 Å². The van der Waals surface area contributed by atoms with E-state index in [0.717, 1.165) is 12.1 Å². The molecule has 0 radical (unpaired) electrons. The molecule has 0 saturated heterocycles. The van der Waals surface area contributed by atoms with Gasteiger partial charge in [-0.1, -0.05) is 30.3 Å². The first-order valence-corrected chi connectivity index (χ1v) is 9.14. The van der Waals surface area contributed by atoms with E-state index in [1.807, 2.05) is 0 Å². The zero-order valence-electron chi connectivity index (χ0n) is 13.6. The van der Waals surface area contributed by atoms with Crippen molar-refractivity contribution >= 4 is 15.9 Å². The molecule has 140 valence electrons. The lowest BCUT2D eigenvalue weighted by molar-refractivity contribution is -0.137. The highest BCUT2D eigenvalue weighted by Gasteiger charge is 2.29. The Morgan fingerprint density at radius 1 is 0.962 bits per heavy atom. The molecule has 0 aromatic heterocycles. The highest BCUT2D eigenvalue weighted by atomic mass is 32.2. The van der Waals surface area contributed by atoms with Crippen LogP contribution < -0.4 is 10.0 Å². The van der Waals surface area contributed by atoms with Crippen LogP contribution in [0.2, 0.25) is 0 Å². The number of halogens is 3. The van der Waals surface area contributed by atoms with Gasteiger partial charge in [-0.3, -0.25) is 4.79 Å². The van der Waals surface area contributed by atoms with Gasteiger partial charge in [-0.2, -0.15) is 13.2 Å². The van der Waals surface area contributed by atoms with Crippen LogP contribution in [0.15, 0.2) is 59.5 Å². The number of carbonyl (C=O) groups is 1. The average molecular weight is 386 g/mol. The van der Waals surface area contributed by atoms with E-state index in [1.54, 1.807) is 18.2 Å². The number of benzene rings is 2. The van der Waals surface area contributed by atoms with Crippen molar-refractivity contribution in [2.75, 3.05) is 6.54 Å². The smallest absolute Gasteiger partial charge is 0.352 e. The maximum atomic E-state index is 12.5. The molecule has 0 spiro atoms. The first-order valence-electron chi connectivity index (χ1n) is 7.66. The van der Waals surface area contributed by atoms with E-state index in [9.17, 15) is 26.4 Å². The summed E-state index contributed by atoms with van der Waals surface area (Å²) < 4.78 is 63.7. The molecule has 0 unspecified atom stereocenters. The lowest BCUT2D eigenvalue weighted by atomic mass is 10.1. The Hall–Kier alpha value is -2.39. The second kappa shape index (κ2) is 8.33. The number of nitrogens with one attached hydrogen (secondary N) is 2. The molecule has 0 aliphatic heterocycles. The minimum Gasteiger partial charge on any atom is -0.352 e. The summed E-state index contributed by atoms with van der Waals surface area (Å²) in [7, 11) is -3.68. The summed E-state index contributed by atoms with van der Waals surface area (Å²) in [5, 5.41) is 2.53. The zero-order chi connectivity index (χ0) is 19.2. The van der Waals surface area contributed by atoms with Gasteiger partial charge in [0, 0.05) is 19.5 Å². The van der Waals surface area contributed by atoms with Gasteiger partial charge in [-0.15, -0.1) is 0 Å². The molecule has 2 N–H and O–H groups in total. The van der Waals surface area contributed by atoms with Crippen LogP contribution >= 0.6 is 0 Å². The van der Waals surface area contributed by atoms with E-state index in [0.29, 0.717) is 5.56 Å². The Balaban J connectivity index is 1.77. The fourth-order valence-electron chi connectivity index (χ4n) is 2.08. The van der Waals surface area contributed by atoms with Crippen molar-refractivity contribution in [3.05, 3.63) is 65.7 Å². The van der Waals surface area contributed by atoms with Crippen LogP contribution in [0.5, 0.6) is 0 Å². The molecule has 0 aliphatic carbocycles. The van der Waals surface area contributed by atoms with Crippen molar-refractivity contribution in [1.29, 1.82) is 0 Å². The summed E-state index contributed by atoms with van der Waals surface area (Å²) in [6.07, 6.45) is -4.50. The molecular weight excluding hydrogens is 369 g/mol. The van der Waals surface area contributed by atoms with Gasteiger partial charge in [-0.25, -0.2) is 13.1 Å². The highest BCUT2D eigenvalue weighted by Crippen LogP contribution is 2.29. The summed E-state index contributed by atoms with van der Waals surface area (Å²) in [5.74, 6) is -0.416. The molecule has 0 atom stereocenters. The van der Waals surface area contributed by atoms with Crippen molar-refractivity contribution in [2.45, 2.75) is 24.0 Å². The zero-order valence-corrected chi connectivity index (χ0v) is 14.4. The average Bonchev–Trinajstić information content (AvgIpc) is 2.60. The van der Waals surface area contributed by atoms with Gasteiger partial charge in [-0.05, 0) is 29.8 Å². The molecule has 0 heterocycles. The molecule has 26 heavy (non-hydrogen) atoms. The van der Waals surface area contributed by atoms with Gasteiger partial charge < -0.3 is 5.32 Å². The third-order valence-corrected chi connectivity index (χ3v) is 4.95. The van der Waals surface area contributed by atoms with Crippen molar-refractivity contribution in [2.24, 2.45) is 0 Å². The Kier molecular flexibility index (Phi) is 6.38. The lowest BCUT2D eigenvalue weighted by Gasteiger charge is -2.09. The molecule has 5 nitrogen and oxygen atoms in total. The Bertz CT molecular complexity index is 836. The summed E-state index contributed by atoms with van der Waals surface area (Å²) in [5.41, 5.74) is -0.251. The quantitative estimate of drug-likeness (QED) is 0.768. The maximum Gasteiger partial charge on any atom is 0.416 e. The fraction of sp³-hybridized carbons (Fsp3) is 0.235. The summed E-state index contributed by atoms with van der Waals surface area (Å²) in [6, 6.07) is 12.2. The van der Waals surface area contributed by atoms with E-state index < -0.39 is 27.7 Å². The van der Waals surface area contributed by atoms with E-state index in [2.05, 4.69) is 10.0 Å².